The Morgan fingerprint density at radius 2 is 2.14 bits per heavy atom. The molecule has 116 valence electrons. The molecule has 2 aliphatic heterocycles. The number of methoxy groups -OCH3 is 1. The molecule has 0 aromatic heterocycles. The van der Waals surface area contributed by atoms with Crippen LogP contribution in [-0.4, -0.2) is 44.1 Å². The number of aliphatic hydroxyl groups excluding tert-OH is 1. The van der Waals surface area contributed by atoms with Gasteiger partial charge in [-0.1, -0.05) is 0 Å². The number of piperidine rings is 1. The van der Waals surface area contributed by atoms with Crippen LogP contribution in [0.3, 0.4) is 0 Å². The maximum absolute atomic E-state index is 10.5. The first-order chi connectivity index (χ1) is 10.2. The van der Waals surface area contributed by atoms with E-state index in [0.29, 0.717) is 19.6 Å². The van der Waals surface area contributed by atoms with E-state index in [4.69, 9.17) is 14.2 Å². The van der Waals surface area contributed by atoms with Crippen molar-refractivity contribution in [3.05, 3.63) is 23.8 Å². The molecule has 21 heavy (non-hydrogen) atoms. The predicted octanol–water partition coefficient (Wildman–Crippen LogP) is 1.65. The minimum atomic E-state index is -0.488. The van der Waals surface area contributed by atoms with E-state index in [1.54, 1.807) is 7.11 Å². The smallest absolute Gasteiger partial charge is 0.126 e. The minimum absolute atomic E-state index is 0.212. The summed E-state index contributed by atoms with van der Waals surface area (Å²) >= 11 is 0. The summed E-state index contributed by atoms with van der Waals surface area (Å²) in [6, 6.07) is 5.68. The Labute approximate surface area is 125 Å². The van der Waals surface area contributed by atoms with Gasteiger partial charge in [-0.15, -0.1) is 0 Å². The number of hydrogen-bond acceptors (Lipinski definition) is 5. The van der Waals surface area contributed by atoms with E-state index in [0.717, 1.165) is 43.0 Å². The van der Waals surface area contributed by atoms with Crippen molar-refractivity contribution in [1.29, 1.82) is 0 Å². The van der Waals surface area contributed by atoms with Gasteiger partial charge in [-0.05, 0) is 44.1 Å². The van der Waals surface area contributed by atoms with Crippen molar-refractivity contribution in [2.24, 2.45) is 0 Å². The summed E-state index contributed by atoms with van der Waals surface area (Å²) in [5.41, 5.74) is 0.616. The zero-order chi connectivity index (χ0) is 14.7. The van der Waals surface area contributed by atoms with Crippen LogP contribution in [0.4, 0.5) is 0 Å². The van der Waals surface area contributed by atoms with Crippen LogP contribution in [0.15, 0.2) is 18.2 Å². The van der Waals surface area contributed by atoms with E-state index >= 15 is 0 Å². The van der Waals surface area contributed by atoms with Crippen LogP contribution >= 0.6 is 0 Å². The maximum Gasteiger partial charge on any atom is 0.126 e. The first-order valence-electron chi connectivity index (χ1n) is 7.56. The Morgan fingerprint density at radius 1 is 1.33 bits per heavy atom. The SMILES string of the molecule is COCCOc1ccc2c(c1)[C@H](O)CC1(CCNCC1)O2. The zero-order valence-corrected chi connectivity index (χ0v) is 12.4. The molecule has 1 atom stereocenters. The summed E-state index contributed by atoms with van der Waals surface area (Å²) in [6.07, 6.45) is 2.05. The fraction of sp³-hybridized carbons (Fsp3) is 0.625. The van der Waals surface area contributed by atoms with Crippen molar-refractivity contribution in [3.8, 4) is 11.5 Å². The Bertz CT molecular complexity index is 485. The molecule has 1 aromatic rings. The highest BCUT2D eigenvalue weighted by Gasteiger charge is 2.41. The normalized spacial score (nSPS) is 23.4. The number of benzene rings is 1. The van der Waals surface area contributed by atoms with Gasteiger partial charge in [0.2, 0.25) is 0 Å². The summed E-state index contributed by atoms with van der Waals surface area (Å²) in [7, 11) is 1.65. The Balaban J connectivity index is 1.76. The molecule has 0 aliphatic carbocycles. The lowest BCUT2D eigenvalue weighted by Crippen LogP contribution is -2.49. The number of ether oxygens (including phenoxy) is 3. The Hall–Kier alpha value is -1.30. The van der Waals surface area contributed by atoms with E-state index < -0.39 is 6.10 Å². The van der Waals surface area contributed by atoms with Crippen molar-refractivity contribution in [2.75, 3.05) is 33.4 Å². The van der Waals surface area contributed by atoms with Gasteiger partial charge in [0.1, 0.15) is 23.7 Å². The minimum Gasteiger partial charge on any atom is -0.491 e. The molecule has 3 rings (SSSR count). The van der Waals surface area contributed by atoms with Gasteiger partial charge in [0.25, 0.3) is 0 Å². The van der Waals surface area contributed by atoms with Gasteiger partial charge < -0.3 is 24.6 Å². The van der Waals surface area contributed by atoms with Crippen LogP contribution in [0.2, 0.25) is 0 Å². The first-order valence-corrected chi connectivity index (χ1v) is 7.56. The number of hydrogen-bond donors (Lipinski definition) is 2. The molecule has 1 spiro atoms. The predicted molar refractivity (Wildman–Crippen MR) is 78.9 cm³/mol. The van der Waals surface area contributed by atoms with Crippen LogP contribution in [0.25, 0.3) is 0 Å². The first kappa shape index (κ1) is 14.6. The lowest BCUT2D eigenvalue weighted by Gasteiger charge is -2.43. The Kier molecular flexibility index (Phi) is 4.33. The van der Waals surface area contributed by atoms with Gasteiger partial charge in [-0.3, -0.25) is 0 Å². The molecule has 0 bridgehead atoms. The molecule has 1 fully saturated rings. The van der Waals surface area contributed by atoms with Gasteiger partial charge in [0.15, 0.2) is 0 Å². The van der Waals surface area contributed by atoms with Crippen LogP contribution in [0.1, 0.15) is 30.9 Å². The van der Waals surface area contributed by atoms with Gasteiger partial charge in [-0.25, -0.2) is 0 Å². The number of aliphatic hydroxyl groups is 1. The summed E-state index contributed by atoms with van der Waals surface area (Å²) in [5.74, 6) is 1.53. The molecular formula is C16H23NO4. The van der Waals surface area contributed by atoms with Crippen LogP contribution in [0.5, 0.6) is 11.5 Å². The van der Waals surface area contributed by atoms with E-state index in [1.807, 2.05) is 18.2 Å². The van der Waals surface area contributed by atoms with Crippen LogP contribution < -0.4 is 14.8 Å². The molecule has 0 amide bonds. The molecule has 2 N–H and O–H groups in total. The van der Waals surface area contributed by atoms with Crippen molar-refractivity contribution in [2.45, 2.75) is 31.0 Å². The summed E-state index contributed by atoms with van der Waals surface area (Å²) in [6.45, 7) is 2.94. The topological polar surface area (TPSA) is 60.0 Å². The third kappa shape index (κ3) is 3.15. The van der Waals surface area contributed by atoms with Gasteiger partial charge in [0, 0.05) is 19.1 Å². The summed E-state index contributed by atoms with van der Waals surface area (Å²) in [5, 5.41) is 13.8. The van der Waals surface area contributed by atoms with Crippen molar-refractivity contribution in [1.82, 2.24) is 5.32 Å². The van der Waals surface area contributed by atoms with Crippen LogP contribution in [-0.2, 0) is 4.74 Å². The molecule has 0 unspecified atom stereocenters. The third-order valence-corrected chi connectivity index (χ3v) is 4.30. The quantitative estimate of drug-likeness (QED) is 0.827. The highest BCUT2D eigenvalue weighted by molar-refractivity contribution is 5.43. The highest BCUT2D eigenvalue weighted by atomic mass is 16.5. The number of fused-ring (bicyclic) bond motifs is 1. The Morgan fingerprint density at radius 3 is 2.90 bits per heavy atom. The van der Waals surface area contributed by atoms with E-state index in [2.05, 4.69) is 5.32 Å². The largest absolute Gasteiger partial charge is 0.491 e. The fourth-order valence-electron chi connectivity index (χ4n) is 3.14. The molecule has 1 aromatic carbocycles. The fourth-order valence-corrected chi connectivity index (χ4v) is 3.14. The van der Waals surface area contributed by atoms with E-state index in [1.165, 1.54) is 0 Å². The standard InChI is InChI=1S/C16H23NO4/c1-19-8-9-20-12-2-3-15-13(10-12)14(18)11-16(21-15)4-6-17-7-5-16/h2-3,10,14,17-18H,4-9,11H2,1H3/t14-/m1/s1. The van der Waals surface area contributed by atoms with Gasteiger partial charge >= 0.3 is 0 Å². The van der Waals surface area contributed by atoms with Crippen molar-refractivity contribution >= 4 is 0 Å². The molecule has 2 aliphatic rings. The molecule has 2 heterocycles. The molecule has 0 saturated carbocycles. The average Bonchev–Trinajstić information content (AvgIpc) is 2.49. The average molecular weight is 293 g/mol. The van der Waals surface area contributed by atoms with Crippen LogP contribution in [0, 0.1) is 0 Å². The lowest BCUT2D eigenvalue weighted by atomic mass is 9.82. The van der Waals surface area contributed by atoms with Crippen molar-refractivity contribution in [3.63, 3.8) is 0 Å². The zero-order valence-electron chi connectivity index (χ0n) is 12.4. The summed E-state index contributed by atoms with van der Waals surface area (Å²) in [4.78, 5) is 0. The number of nitrogens with one attached hydrogen (secondary N) is 1. The van der Waals surface area contributed by atoms with E-state index in [-0.39, 0.29) is 5.60 Å². The van der Waals surface area contributed by atoms with Gasteiger partial charge in [-0.2, -0.15) is 0 Å². The second-order valence-corrected chi connectivity index (χ2v) is 5.80. The third-order valence-electron chi connectivity index (χ3n) is 4.30. The second-order valence-electron chi connectivity index (χ2n) is 5.80. The molecule has 5 nitrogen and oxygen atoms in total. The molecule has 5 heteroatoms. The highest BCUT2D eigenvalue weighted by Crippen LogP contribution is 2.44. The second kappa shape index (κ2) is 6.22. The maximum atomic E-state index is 10.5. The van der Waals surface area contributed by atoms with E-state index in [9.17, 15) is 5.11 Å². The molecular weight excluding hydrogens is 270 g/mol. The number of rotatable bonds is 4. The van der Waals surface area contributed by atoms with Gasteiger partial charge in [0.05, 0.1) is 12.7 Å². The summed E-state index contributed by atoms with van der Waals surface area (Å²) < 4.78 is 16.8. The van der Waals surface area contributed by atoms with Crippen molar-refractivity contribution < 1.29 is 19.3 Å². The lowest BCUT2D eigenvalue weighted by molar-refractivity contribution is -0.0338. The molecule has 1 saturated heterocycles. The monoisotopic (exact) mass is 293 g/mol. The molecule has 0 radical (unpaired) electrons.